The molecule has 4 aromatic rings. The van der Waals surface area contributed by atoms with Crippen LogP contribution in [-0.2, 0) is 37.1 Å². The molecule has 3 N–H and O–H groups in total. The van der Waals surface area contributed by atoms with E-state index in [1.807, 2.05) is 74.5 Å². The lowest BCUT2D eigenvalue weighted by molar-refractivity contribution is -0.328. The highest BCUT2D eigenvalue weighted by Crippen LogP contribution is 2.45. The summed E-state index contributed by atoms with van der Waals surface area (Å²) < 4.78 is 72.1. The lowest BCUT2D eigenvalue weighted by Gasteiger charge is -2.39. The molecule has 0 amide bonds. The summed E-state index contributed by atoms with van der Waals surface area (Å²) in [6.07, 6.45) is 6.41. The molecule has 0 fully saturated rings. The highest BCUT2D eigenvalue weighted by atomic mass is 31.2. The van der Waals surface area contributed by atoms with Gasteiger partial charge in [0.05, 0.1) is 37.6 Å². The number of ether oxygens (including phenoxy) is 6. The van der Waals surface area contributed by atoms with Gasteiger partial charge in [0.2, 0.25) is 13.7 Å². The second-order valence-corrected chi connectivity index (χ2v) is 19.8. The standard InChI is InChI=1S/C52H59BN2O14P2/c1-7-68-70(58,59)37-66-47-23-13-41(14-24-47)11-21-45-35-39(3)50-49(43-17-19-44(20-18-43)52(56)57)51-40(4)36-46(22-12-42-15-25-48(26-16-42)67-38-71(60,61)69-8-2)55(51)53(54(45)50,27-9-29-64-33-31-62-5)28-10-30-65-34-32-63-6/h11-26,35-36H,7-8,29-34,37-38H2,1-6H3,(H,56,57)(H,58,59)(H,60,61)/q+1/b21-11+,22-12+. The summed E-state index contributed by atoms with van der Waals surface area (Å²) in [6.45, 7) is 9.01. The molecule has 0 aliphatic carbocycles. The fraction of sp³-hybridized carbons (Fsp3) is 0.308. The van der Waals surface area contributed by atoms with Crippen LogP contribution in [0.15, 0.2) is 102 Å². The van der Waals surface area contributed by atoms with Gasteiger partial charge in [-0.25, -0.2) is 4.79 Å². The van der Waals surface area contributed by atoms with Gasteiger partial charge >= 0.3 is 27.6 Å². The SMILES string of the molecule is CCOP(=O)(O)COc1ccc(/C=C/C2=[N+]3C(=C(c4ccc(C(=O)O)cc4)c4c(C)cc(/C=C/c5ccc(OCP(=O)(O)OCC)cc5)n4[B-]3(C#CCOCCOC)C#CCOCC[O+]C)C(C)=C2)cc1. The fourth-order valence-electron chi connectivity index (χ4n) is 8.03. The van der Waals surface area contributed by atoms with Gasteiger partial charge in [0, 0.05) is 36.2 Å². The van der Waals surface area contributed by atoms with Crippen LogP contribution < -0.4 is 9.47 Å². The number of allylic oxidation sites excluding steroid dienone is 3. The molecule has 16 nitrogen and oxygen atoms in total. The second-order valence-electron chi connectivity index (χ2n) is 16.2. The van der Waals surface area contributed by atoms with Gasteiger partial charge < -0.3 is 56.6 Å². The highest BCUT2D eigenvalue weighted by Gasteiger charge is 2.51. The van der Waals surface area contributed by atoms with E-state index in [2.05, 4.69) is 44.6 Å². The molecule has 0 saturated heterocycles. The molecule has 2 aliphatic heterocycles. The van der Waals surface area contributed by atoms with Gasteiger partial charge in [-0.2, -0.15) is 11.6 Å². The molecular weight excluding hydrogens is 949 g/mol. The summed E-state index contributed by atoms with van der Waals surface area (Å²) in [4.78, 5) is 32.2. The molecule has 3 aromatic carbocycles. The predicted octanol–water partition coefficient (Wildman–Crippen LogP) is 8.38. The third kappa shape index (κ3) is 14.1. The predicted molar refractivity (Wildman–Crippen MR) is 274 cm³/mol. The van der Waals surface area contributed by atoms with Gasteiger partial charge in [-0.15, -0.1) is 16.6 Å². The normalized spacial score (nSPS) is 16.9. The van der Waals surface area contributed by atoms with E-state index >= 15 is 0 Å². The van der Waals surface area contributed by atoms with Gasteiger partial charge in [0.15, 0.2) is 24.1 Å². The van der Waals surface area contributed by atoms with Gasteiger partial charge in [-0.05, 0) is 105 Å². The fourth-order valence-corrected chi connectivity index (χ4v) is 9.61. The molecule has 19 heteroatoms. The quantitative estimate of drug-likeness (QED) is 0.0199. The Bertz CT molecular complexity index is 2890. The Labute approximate surface area is 414 Å². The Hall–Kier alpha value is -6.04. The maximum Gasteiger partial charge on any atom is 0.520 e. The lowest BCUT2D eigenvalue weighted by Crippen LogP contribution is -2.57. The van der Waals surface area contributed by atoms with Crippen LogP contribution in [0.2, 0.25) is 0 Å². The van der Waals surface area contributed by atoms with Crippen LogP contribution in [0.1, 0.15) is 64.8 Å². The van der Waals surface area contributed by atoms with Crippen molar-refractivity contribution >= 4 is 57.1 Å². The Kier molecular flexibility index (Phi) is 19.4. The number of fused-ring (bicyclic) bond motifs is 2. The number of rotatable bonds is 24. The summed E-state index contributed by atoms with van der Waals surface area (Å²) >= 11 is 0. The number of nitrogens with zero attached hydrogens (tertiary/aromatic N) is 2. The summed E-state index contributed by atoms with van der Waals surface area (Å²) in [7, 11) is -4.62. The van der Waals surface area contributed by atoms with Crippen LogP contribution in [0.4, 0.5) is 0 Å². The number of methoxy groups -OCH3 is 2. The van der Waals surface area contributed by atoms with Crippen molar-refractivity contribution in [2.45, 2.75) is 27.7 Å². The largest absolute Gasteiger partial charge is 0.520 e. The first kappa shape index (κ1) is 54.3. The number of carboxylic acids is 1. The third-order valence-corrected chi connectivity index (χ3v) is 13.3. The summed E-state index contributed by atoms with van der Waals surface area (Å²) in [5.41, 5.74) is 8.28. The van der Waals surface area contributed by atoms with E-state index in [9.17, 15) is 28.8 Å². The third-order valence-electron chi connectivity index (χ3n) is 11.1. The lowest BCUT2D eigenvalue weighted by atomic mass is 9.45. The zero-order valence-corrected chi connectivity index (χ0v) is 42.5. The summed E-state index contributed by atoms with van der Waals surface area (Å²) in [5, 5.41) is 9.90. The molecule has 1 radical (unpaired) electrons. The van der Waals surface area contributed by atoms with Crippen molar-refractivity contribution in [2.75, 3.05) is 79.8 Å². The zero-order chi connectivity index (χ0) is 51.0. The number of hydrogen-bond donors (Lipinski definition) is 3. The second kappa shape index (κ2) is 25.4. The first-order chi connectivity index (χ1) is 34.2. The number of aryl methyl sites for hydroxylation is 1. The van der Waals surface area contributed by atoms with Gasteiger partial charge in [-0.1, -0.05) is 42.5 Å². The van der Waals surface area contributed by atoms with E-state index in [0.717, 1.165) is 56.2 Å². The first-order valence-corrected chi connectivity index (χ1v) is 26.4. The molecule has 1 aromatic heterocycles. The number of hydrogen-bond acceptors (Lipinski definition) is 11. The Balaban J connectivity index is 1.57. The van der Waals surface area contributed by atoms with Crippen molar-refractivity contribution in [3.63, 3.8) is 0 Å². The number of aromatic nitrogens is 1. The number of benzene rings is 3. The molecular formula is C52H59BN2O14P2+. The molecule has 2 aliphatic rings. The smallest absolute Gasteiger partial charge is 0.481 e. The van der Waals surface area contributed by atoms with E-state index in [1.54, 1.807) is 64.5 Å². The van der Waals surface area contributed by atoms with E-state index in [0.29, 0.717) is 37.9 Å². The average Bonchev–Trinajstić information content (AvgIpc) is 3.87. The minimum absolute atomic E-state index is 0.0725. The van der Waals surface area contributed by atoms with E-state index in [4.69, 9.17) is 37.5 Å². The van der Waals surface area contributed by atoms with Gasteiger partial charge in [0.1, 0.15) is 31.3 Å². The van der Waals surface area contributed by atoms with Crippen molar-refractivity contribution in [1.82, 2.24) is 4.48 Å². The van der Waals surface area contributed by atoms with Crippen molar-refractivity contribution in [3.8, 4) is 35.0 Å². The van der Waals surface area contributed by atoms with Crippen LogP contribution in [0.3, 0.4) is 0 Å². The number of aromatic carboxylic acids is 1. The molecule has 3 heterocycles. The van der Waals surface area contributed by atoms with Gasteiger partial charge in [-0.3, -0.25) is 9.13 Å². The van der Waals surface area contributed by atoms with Crippen molar-refractivity contribution in [2.24, 2.45) is 0 Å². The van der Waals surface area contributed by atoms with Gasteiger partial charge in [0.25, 0.3) is 0 Å². The Morgan fingerprint density at radius 1 is 0.775 bits per heavy atom. The zero-order valence-electron chi connectivity index (χ0n) is 40.7. The minimum atomic E-state index is -3.91. The molecule has 2 unspecified atom stereocenters. The first-order valence-electron chi connectivity index (χ1n) is 22.9. The minimum Gasteiger partial charge on any atom is -0.481 e. The monoisotopic (exact) mass is 1010 g/mol. The van der Waals surface area contributed by atoms with Crippen LogP contribution in [0.25, 0.3) is 23.8 Å². The van der Waals surface area contributed by atoms with Crippen molar-refractivity contribution < 1.29 is 70.8 Å². The Morgan fingerprint density at radius 2 is 1.32 bits per heavy atom. The van der Waals surface area contributed by atoms with Crippen molar-refractivity contribution in [1.29, 1.82) is 0 Å². The van der Waals surface area contributed by atoms with Crippen LogP contribution in [0, 0.1) is 30.4 Å². The van der Waals surface area contributed by atoms with E-state index in [-0.39, 0.29) is 32.0 Å². The number of carboxylic acid groups (broad SMARTS) is 1. The molecule has 2 atom stereocenters. The maximum absolute atomic E-state index is 12.3. The van der Waals surface area contributed by atoms with Crippen molar-refractivity contribution in [3.05, 3.63) is 141 Å². The van der Waals surface area contributed by atoms with Crippen LogP contribution >= 0.6 is 15.2 Å². The molecule has 0 saturated carbocycles. The molecule has 71 heavy (non-hydrogen) atoms. The average molecular weight is 1010 g/mol. The summed E-state index contributed by atoms with van der Waals surface area (Å²) in [5.74, 6) is 13.6. The number of carbonyl (C=O) groups is 1. The molecule has 0 spiro atoms. The maximum atomic E-state index is 12.3. The van der Waals surface area contributed by atoms with Crippen LogP contribution in [-0.4, -0.2) is 122 Å². The summed E-state index contributed by atoms with van der Waals surface area (Å²) in [6, 6.07) is 23.0. The molecule has 373 valence electrons. The molecule has 0 bridgehead atoms. The topological polar surface area (TPSA) is 196 Å². The highest BCUT2D eigenvalue weighted by molar-refractivity contribution is 7.52. The molecule has 6 rings (SSSR count). The Morgan fingerprint density at radius 3 is 1.85 bits per heavy atom. The van der Waals surface area contributed by atoms with E-state index < -0.39 is 40.3 Å². The van der Waals surface area contributed by atoms with Crippen LogP contribution in [0.5, 0.6) is 11.5 Å². The van der Waals surface area contributed by atoms with E-state index in [1.165, 1.54) is 0 Å².